The molecule has 1 amide bonds. The van der Waals surface area contributed by atoms with Crippen LogP contribution in [0.15, 0.2) is 0 Å². The van der Waals surface area contributed by atoms with E-state index in [1.165, 1.54) is 11.8 Å². The van der Waals surface area contributed by atoms with Gasteiger partial charge in [-0.2, -0.15) is 12.6 Å². The summed E-state index contributed by atoms with van der Waals surface area (Å²) in [5.74, 6) is -0.330. The quantitative estimate of drug-likeness (QED) is 0.167. The van der Waals surface area contributed by atoms with Gasteiger partial charge in [0, 0.05) is 0 Å². The first-order valence-electron chi connectivity index (χ1n) is 6.31. The summed E-state index contributed by atoms with van der Waals surface area (Å²) >= 11 is 5.31. The van der Waals surface area contributed by atoms with Crippen molar-refractivity contribution < 1.29 is 34.5 Å². The monoisotopic (exact) mass is 341 g/mol. The first kappa shape index (κ1) is 19.0. The molecular weight excluding hydrogens is 321 g/mol. The minimum absolute atomic E-state index is 0.0334. The molecule has 5 unspecified atom stereocenters. The Labute approximate surface area is 132 Å². The van der Waals surface area contributed by atoms with Crippen LogP contribution in [-0.4, -0.2) is 88.4 Å². The fourth-order valence-electron chi connectivity index (χ4n) is 1.82. The van der Waals surface area contributed by atoms with Gasteiger partial charge in [0.05, 0.1) is 31.9 Å². The van der Waals surface area contributed by atoms with E-state index < -0.39 is 49.3 Å². The molecule has 1 rings (SSSR count). The van der Waals surface area contributed by atoms with E-state index in [9.17, 15) is 15.0 Å². The lowest BCUT2D eigenvalue weighted by Gasteiger charge is -2.39. The van der Waals surface area contributed by atoms with Gasteiger partial charge in [0.1, 0.15) is 16.8 Å². The third-order valence-corrected chi connectivity index (χ3v) is 4.52. The minimum Gasteiger partial charge on any atom is -0.402 e. The van der Waals surface area contributed by atoms with Crippen molar-refractivity contribution in [3.8, 4) is 0 Å². The maximum Gasteiger partial charge on any atom is 0.478 e. The summed E-state index contributed by atoms with van der Waals surface area (Å²) in [6.07, 6.45) is -2.99. The van der Waals surface area contributed by atoms with Gasteiger partial charge in [-0.1, -0.05) is 0 Å². The van der Waals surface area contributed by atoms with Gasteiger partial charge in [-0.05, 0) is 6.26 Å². The highest BCUT2D eigenvalue weighted by atomic mass is 32.2. The molecule has 0 bridgehead atoms. The number of carbonyl (C=O) groups excluding carboxylic acids is 1. The number of nitrogens with one attached hydrogen (secondary N) is 1. The van der Waals surface area contributed by atoms with Gasteiger partial charge >= 0.3 is 7.12 Å². The Morgan fingerprint density at radius 2 is 2.14 bits per heavy atom. The summed E-state index contributed by atoms with van der Waals surface area (Å²) in [6.45, 7) is -1.09. The summed E-state index contributed by atoms with van der Waals surface area (Å²) in [4.78, 5) is 11.6. The van der Waals surface area contributed by atoms with Gasteiger partial charge in [-0.15, -0.1) is 11.8 Å². The number of hydrogen-bond acceptors (Lipinski definition) is 9. The molecule has 122 valence electrons. The van der Waals surface area contributed by atoms with E-state index in [1.807, 2.05) is 0 Å². The van der Waals surface area contributed by atoms with E-state index in [0.717, 1.165) is 0 Å². The first-order chi connectivity index (χ1) is 9.94. The zero-order valence-electron chi connectivity index (χ0n) is 11.5. The predicted octanol–water partition coefficient (Wildman–Crippen LogP) is -2.76. The van der Waals surface area contributed by atoms with Gasteiger partial charge in [0.15, 0.2) is 0 Å². The van der Waals surface area contributed by atoms with Crippen LogP contribution in [0.1, 0.15) is 0 Å². The van der Waals surface area contributed by atoms with Crippen molar-refractivity contribution in [3.63, 3.8) is 0 Å². The Kier molecular flexibility index (Phi) is 8.35. The van der Waals surface area contributed by atoms with E-state index in [4.69, 9.17) is 19.5 Å². The van der Waals surface area contributed by atoms with Crippen LogP contribution < -0.4 is 5.32 Å². The fourth-order valence-corrected chi connectivity index (χ4v) is 2.21. The number of thioether (sulfide) groups is 1. The number of aliphatic hydroxyl groups excluding tert-OH is 4. The molecule has 5 N–H and O–H groups in total. The average molecular weight is 341 g/mol. The van der Waals surface area contributed by atoms with Crippen LogP contribution in [0.2, 0.25) is 0 Å². The Bertz CT molecular complexity index is 341. The predicted molar refractivity (Wildman–Crippen MR) is 81.0 cm³/mol. The van der Waals surface area contributed by atoms with Crippen LogP contribution in [0.5, 0.6) is 0 Å². The van der Waals surface area contributed by atoms with E-state index in [2.05, 4.69) is 17.9 Å². The van der Waals surface area contributed by atoms with E-state index >= 15 is 0 Å². The molecule has 5 atom stereocenters. The van der Waals surface area contributed by atoms with Crippen molar-refractivity contribution in [3.05, 3.63) is 0 Å². The molecule has 1 aliphatic heterocycles. The molecular formula is C10H20BNO7S2. The van der Waals surface area contributed by atoms with E-state index in [1.54, 1.807) is 6.26 Å². The molecule has 0 saturated carbocycles. The summed E-state index contributed by atoms with van der Waals surface area (Å²) in [5.41, 5.74) is 0. The second-order valence-corrected chi connectivity index (χ2v) is 6.27. The van der Waals surface area contributed by atoms with Crippen molar-refractivity contribution in [2.24, 2.45) is 0 Å². The molecule has 1 aliphatic rings. The number of rotatable bonds is 7. The van der Waals surface area contributed by atoms with E-state index in [-0.39, 0.29) is 12.4 Å². The molecule has 1 heterocycles. The average Bonchev–Trinajstić information content (AvgIpc) is 2.51. The maximum absolute atomic E-state index is 11.6. The number of hydrogen-bond donors (Lipinski definition) is 6. The normalized spacial score (nSPS) is 29.0. The van der Waals surface area contributed by atoms with Gasteiger partial charge in [0.25, 0.3) is 0 Å². The molecule has 0 spiro atoms. The zero-order chi connectivity index (χ0) is 16.0. The first-order valence-corrected chi connectivity index (χ1v) is 8.12. The van der Waals surface area contributed by atoms with Crippen molar-refractivity contribution in [1.82, 2.24) is 5.32 Å². The van der Waals surface area contributed by atoms with E-state index in [0.29, 0.717) is 0 Å². The standard InChI is InChI=1S/C10H20BNO7S2/c1-21-10(20)9(17)12-4-11-18-6(3-14)7(16)8(19-11)5(15)2-13/h5-8,10,13-16,20H,2-4H2,1H3,(H,12,17). The molecule has 8 nitrogen and oxygen atoms in total. The van der Waals surface area contributed by atoms with Gasteiger partial charge < -0.3 is 35.1 Å². The van der Waals surface area contributed by atoms with Crippen LogP contribution in [0.3, 0.4) is 0 Å². The van der Waals surface area contributed by atoms with Gasteiger partial charge in [-0.3, -0.25) is 4.79 Å². The number of thiol groups is 1. The minimum atomic E-state index is -1.32. The smallest absolute Gasteiger partial charge is 0.402 e. The Balaban J connectivity index is 2.60. The zero-order valence-corrected chi connectivity index (χ0v) is 13.2. The molecule has 0 aromatic rings. The lowest BCUT2D eigenvalue weighted by atomic mass is 9.84. The third-order valence-electron chi connectivity index (χ3n) is 2.99. The summed E-state index contributed by atoms with van der Waals surface area (Å²) in [5, 5.41) is 40.1. The Morgan fingerprint density at radius 1 is 1.48 bits per heavy atom. The molecule has 0 aromatic heterocycles. The maximum atomic E-state index is 11.6. The largest absolute Gasteiger partial charge is 0.478 e. The Morgan fingerprint density at radius 3 is 2.67 bits per heavy atom. The Hall–Kier alpha value is -0.00506. The molecule has 1 fully saturated rings. The SMILES string of the molecule is CSC(S)C(=O)NCB1OC(CO)C(O)C(C(O)CO)O1. The topological polar surface area (TPSA) is 128 Å². The summed E-state index contributed by atoms with van der Waals surface area (Å²) < 4.78 is 10.0. The highest BCUT2D eigenvalue weighted by Gasteiger charge is 2.43. The number of aliphatic hydroxyl groups is 4. The lowest BCUT2D eigenvalue weighted by Crippen LogP contribution is -2.60. The summed E-state index contributed by atoms with van der Waals surface area (Å²) in [6, 6.07) is 0. The molecule has 0 aromatic carbocycles. The second kappa shape index (κ2) is 9.21. The third kappa shape index (κ3) is 5.29. The van der Waals surface area contributed by atoms with Crippen LogP contribution in [0.25, 0.3) is 0 Å². The molecule has 1 saturated heterocycles. The van der Waals surface area contributed by atoms with Crippen molar-refractivity contribution in [1.29, 1.82) is 0 Å². The highest BCUT2D eigenvalue weighted by Crippen LogP contribution is 2.20. The van der Waals surface area contributed by atoms with Gasteiger partial charge in [0.2, 0.25) is 5.91 Å². The van der Waals surface area contributed by atoms with Crippen LogP contribution in [-0.2, 0) is 14.1 Å². The highest BCUT2D eigenvalue weighted by molar-refractivity contribution is 8.10. The lowest BCUT2D eigenvalue weighted by molar-refractivity contribution is -0.149. The van der Waals surface area contributed by atoms with Crippen LogP contribution in [0.4, 0.5) is 0 Å². The number of carbonyl (C=O) groups is 1. The molecule has 21 heavy (non-hydrogen) atoms. The summed E-state index contributed by atoms with van der Waals surface area (Å²) in [7, 11) is -0.955. The van der Waals surface area contributed by atoms with Gasteiger partial charge in [-0.25, -0.2) is 0 Å². The van der Waals surface area contributed by atoms with Crippen LogP contribution >= 0.6 is 24.4 Å². The molecule has 0 aliphatic carbocycles. The fraction of sp³-hybridized carbons (Fsp3) is 0.900. The number of amides is 1. The second-order valence-electron chi connectivity index (χ2n) is 4.46. The van der Waals surface area contributed by atoms with Crippen molar-refractivity contribution >= 4 is 37.4 Å². The molecule has 11 heteroatoms. The van der Waals surface area contributed by atoms with Crippen molar-refractivity contribution in [2.45, 2.75) is 29.0 Å². The van der Waals surface area contributed by atoms with Crippen LogP contribution in [0, 0.1) is 0 Å². The van der Waals surface area contributed by atoms with Crippen molar-refractivity contribution in [2.75, 3.05) is 25.9 Å². The molecule has 0 radical (unpaired) electrons.